The Labute approximate surface area is 274 Å². The number of hydrogen-bond acceptors (Lipinski definition) is 6. The quantitative estimate of drug-likeness (QED) is 0.139. The number of carbonyl (C=O) groups excluding carboxylic acids is 1. The van der Waals surface area contributed by atoms with Crippen LogP contribution in [-0.2, 0) is 6.42 Å². The lowest BCUT2D eigenvalue weighted by Gasteiger charge is -2.50. The highest BCUT2D eigenvalue weighted by molar-refractivity contribution is 7.99. The van der Waals surface area contributed by atoms with Gasteiger partial charge >= 0.3 is 5.97 Å². The van der Waals surface area contributed by atoms with Gasteiger partial charge in [0.1, 0.15) is 5.75 Å². The van der Waals surface area contributed by atoms with E-state index in [0.29, 0.717) is 34.3 Å². The number of thioether (sulfide) groups is 1. The predicted molar refractivity (Wildman–Crippen MR) is 183 cm³/mol. The molecule has 0 spiro atoms. The average Bonchev–Trinajstić information content (AvgIpc) is 3.44. The van der Waals surface area contributed by atoms with Crippen molar-refractivity contribution in [3.8, 4) is 28.5 Å². The lowest BCUT2D eigenvalue weighted by atomic mass is 9.56. The highest BCUT2D eigenvalue weighted by Gasteiger charge is 2.55. The van der Waals surface area contributed by atoms with Gasteiger partial charge in [0.25, 0.3) is 0 Å². The van der Waals surface area contributed by atoms with Crippen LogP contribution in [0.3, 0.4) is 0 Å². The summed E-state index contributed by atoms with van der Waals surface area (Å²) < 4.78 is 5.77. The summed E-state index contributed by atoms with van der Waals surface area (Å²) in [5.41, 5.74) is 5.65. The lowest BCUT2D eigenvalue weighted by Crippen LogP contribution is -2.43. The Morgan fingerprint density at radius 1 is 0.761 bits per heavy atom. The molecule has 6 heteroatoms. The molecule has 1 heterocycles. The smallest absolute Gasteiger partial charge is 0.343 e. The molecule has 2 fully saturated rings. The minimum atomic E-state index is -0.304. The second-order valence-corrected chi connectivity index (χ2v) is 14.4. The van der Waals surface area contributed by atoms with Gasteiger partial charge in [-0.15, -0.1) is 0 Å². The van der Waals surface area contributed by atoms with Gasteiger partial charge in [-0.3, -0.25) is 0 Å². The van der Waals surface area contributed by atoms with E-state index in [2.05, 4.69) is 43.3 Å². The monoisotopic (exact) mass is 623 g/mol. The van der Waals surface area contributed by atoms with Gasteiger partial charge in [0.15, 0.2) is 16.8 Å². The van der Waals surface area contributed by atoms with Crippen LogP contribution < -0.4 is 4.74 Å². The molecule has 0 aliphatic heterocycles. The van der Waals surface area contributed by atoms with Gasteiger partial charge in [0.2, 0.25) is 0 Å². The van der Waals surface area contributed by atoms with Crippen molar-refractivity contribution in [1.82, 2.24) is 15.0 Å². The molecule has 2 saturated carbocycles. The molecule has 1 aromatic heterocycles. The van der Waals surface area contributed by atoms with E-state index >= 15 is 0 Å². The molecule has 5 atom stereocenters. The Morgan fingerprint density at radius 3 is 2.09 bits per heavy atom. The molecule has 4 aromatic carbocycles. The third kappa shape index (κ3) is 5.43. The Bertz CT molecular complexity index is 1810. The summed E-state index contributed by atoms with van der Waals surface area (Å²) in [6.07, 6.45) is 7.04. The fourth-order valence-corrected chi connectivity index (χ4v) is 9.83. The molecule has 0 bridgehead atoms. The van der Waals surface area contributed by atoms with Crippen molar-refractivity contribution in [2.24, 2.45) is 17.3 Å². The molecule has 0 saturated heterocycles. The minimum Gasteiger partial charge on any atom is -0.423 e. The van der Waals surface area contributed by atoms with Gasteiger partial charge in [-0.05, 0) is 97.1 Å². The van der Waals surface area contributed by atoms with Crippen molar-refractivity contribution >= 4 is 17.7 Å². The van der Waals surface area contributed by atoms with E-state index in [-0.39, 0.29) is 11.4 Å². The molecule has 0 unspecified atom stereocenters. The minimum absolute atomic E-state index is 0.237. The van der Waals surface area contributed by atoms with E-state index in [1.165, 1.54) is 43.2 Å². The first-order valence-corrected chi connectivity index (χ1v) is 17.4. The lowest BCUT2D eigenvalue weighted by molar-refractivity contribution is 0.0628. The number of esters is 1. The van der Waals surface area contributed by atoms with Gasteiger partial charge in [0.05, 0.1) is 5.56 Å². The van der Waals surface area contributed by atoms with Crippen molar-refractivity contribution < 1.29 is 9.53 Å². The molecular formula is C40H37N3O2S. The van der Waals surface area contributed by atoms with Crippen molar-refractivity contribution in [2.75, 3.05) is 0 Å². The van der Waals surface area contributed by atoms with Crippen LogP contribution in [0, 0.1) is 17.3 Å². The maximum absolute atomic E-state index is 12.7. The Balaban J connectivity index is 1.02. The van der Waals surface area contributed by atoms with Gasteiger partial charge in [0, 0.05) is 16.4 Å². The Morgan fingerprint density at radius 2 is 1.41 bits per heavy atom. The van der Waals surface area contributed by atoms with Crippen LogP contribution >= 0.6 is 11.8 Å². The number of ether oxygens (including phenoxy) is 1. The van der Waals surface area contributed by atoms with Gasteiger partial charge in [-0.1, -0.05) is 104 Å². The van der Waals surface area contributed by atoms with Crippen LogP contribution in [0.15, 0.2) is 114 Å². The SMILES string of the molecule is C[C@]12CC[C@@H]3c4ccc(OC(=O)c5ccccc5)cc4CC[C@H]3[C@@H]1CC[C@@H]2Sc1nc(-c2ccccc2)nc(-c2ccccc2)n1. The number of aromatic nitrogens is 3. The summed E-state index contributed by atoms with van der Waals surface area (Å²) in [6.45, 7) is 2.54. The summed E-state index contributed by atoms with van der Waals surface area (Å²) >= 11 is 1.87. The van der Waals surface area contributed by atoms with Crippen molar-refractivity contribution in [1.29, 1.82) is 0 Å². The van der Waals surface area contributed by atoms with Crippen LogP contribution in [-0.4, -0.2) is 26.2 Å². The zero-order valence-electron chi connectivity index (χ0n) is 26.0. The Hall–Kier alpha value is -4.29. The first-order valence-electron chi connectivity index (χ1n) is 16.5. The molecule has 5 nitrogen and oxygen atoms in total. The topological polar surface area (TPSA) is 65.0 Å². The Kier molecular flexibility index (Phi) is 7.69. The normalized spacial score (nSPS) is 24.8. The standard InChI is InChI=1S/C40H37N3O2S/c1-40-24-23-32-31-20-18-30(45-38(44)28-15-9-4-10-16-28)25-29(31)17-19-33(32)34(40)21-22-35(40)46-39-42-36(26-11-5-2-6-12-26)41-37(43-39)27-13-7-3-8-14-27/h2-16,18,20,25,32-35H,17,19,21-24H2,1H3/t32-,33-,34+,35+,40+/m1/s1. The largest absolute Gasteiger partial charge is 0.423 e. The zero-order valence-corrected chi connectivity index (χ0v) is 26.8. The molecule has 5 aromatic rings. The molecule has 230 valence electrons. The fourth-order valence-electron chi connectivity index (χ4n) is 8.48. The third-order valence-electron chi connectivity index (χ3n) is 10.8. The van der Waals surface area contributed by atoms with E-state index in [1.807, 2.05) is 72.4 Å². The van der Waals surface area contributed by atoms with E-state index in [4.69, 9.17) is 19.7 Å². The maximum Gasteiger partial charge on any atom is 0.343 e. The number of fused-ring (bicyclic) bond motifs is 5. The second-order valence-electron chi connectivity index (χ2n) is 13.3. The van der Waals surface area contributed by atoms with Gasteiger partial charge < -0.3 is 4.74 Å². The molecule has 3 aliphatic carbocycles. The van der Waals surface area contributed by atoms with Crippen LogP contribution in [0.1, 0.15) is 66.4 Å². The molecule has 46 heavy (non-hydrogen) atoms. The number of hydrogen-bond donors (Lipinski definition) is 0. The first-order chi connectivity index (χ1) is 22.5. The number of benzene rings is 4. The maximum atomic E-state index is 12.7. The van der Waals surface area contributed by atoms with Gasteiger partial charge in [-0.2, -0.15) is 0 Å². The van der Waals surface area contributed by atoms with Crippen LogP contribution in [0.5, 0.6) is 5.75 Å². The summed E-state index contributed by atoms with van der Waals surface area (Å²) in [7, 11) is 0. The van der Waals surface area contributed by atoms with Crippen LogP contribution in [0.25, 0.3) is 22.8 Å². The van der Waals surface area contributed by atoms with Crippen molar-refractivity contribution in [3.63, 3.8) is 0 Å². The first kappa shape index (κ1) is 29.1. The summed E-state index contributed by atoms with van der Waals surface area (Å²) in [4.78, 5) is 27.6. The highest BCUT2D eigenvalue weighted by Crippen LogP contribution is 2.63. The highest BCUT2D eigenvalue weighted by atomic mass is 32.2. The average molecular weight is 624 g/mol. The van der Waals surface area contributed by atoms with E-state index in [1.54, 1.807) is 12.1 Å². The zero-order chi connectivity index (χ0) is 31.1. The van der Waals surface area contributed by atoms with E-state index in [0.717, 1.165) is 34.4 Å². The molecule has 8 rings (SSSR count). The number of nitrogens with zero attached hydrogens (tertiary/aromatic N) is 3. The summed E-state index contributed by atoms with van der Waals surface area (Å²) in [6, 6.07) is 36.1. The van der Waals surface area contributed by atoms with Gasteiger partial charge in [-0.25, -0.2) is 19.7 Å². The van der Waals surface area contributed by atoms with Crippen molar-refractivity contribution in [3.05, 3.63) is 126 Å². The summed E-state index contributed by atoms with van der Waals surface area (Å²) in [5, 5.41) is 1.29. The summed E-state index contributed by atoms with van der Waals surface area (Å²) in [5.74, 6) is 3.73. The second kappa shape index (κ2) is 12.1. The van der Waals surface area contributed by atoms with E-state index < -0.39 is 0 Å². The molecule has 0 amide bonds. The molecule has 0 N–H and O–H groups in total. The number of carbonyl (C=O) groups is 1. The van der Waals surface area contributed by atoms with Crippen LogP contribution in [0.4, 0.5) is 0 Å². The molecule has 3 aliphatic rings. The third-order valence-corrected chi connectivity index (χ3v) is 12.2. The molecular weight excluding hydrogens is 587 g/mol. The number of rotatable bonds is 6. The number of aryl methyl sites for hydroxylation is 1. The fraction of sp³-hybridized carbons (Fsp3) is 0.300. The van der Waals surface area contributed by atoms with Crippen molar-refractivity contribution in [2.45, 2.75) is 61.8 Å². The van der Waals surface area contributed by atoms with E-state index in [9.17, 15) is 4.79 Å². The predicted octanol–water partition coefficient (Wildman–Crippen LogP) is 9.44. The van der Waals surface area contributed by atoms with Crippen LogP contribution in [0.2, 0.25) is 0 Å². The molecule has 0 radical (unpaired) electrons.